The SMILES string of the molecule is CC(C)c1cc(C(F)(F)C(O)(F)C(F)(F)F)cc(C(C)C)c1N(C)C1=NCCO1. The van der Waals surface area contributed by atoms with Crippen LogP contribution in [0.2, 0.25) is 0 Å². The molecule has 0 aromatic heterocycles. The maximum absolute atomic E-state index is 14.5. The van der Waals surface area contributed by atoms with Gasteiger partial charge in [0.1, 0.15) is 6.61 Å². The van der Waals surface area contributed by atoms with Crippen LogP contribution >= 0.6 is 0 Å². The summed E-state index contributed by atoms with van der Waals surface area (Å²) >= 11 is 0. The summed E-state index contributed by atoms with van der Waals surface area (Å²) in [6.07, 6.45) is -6.17. The minimum absolute atomic E-state index is 0.254. The molecule has 0 fully saturated rings. The lowest BCUT2D eigenvalue weighted by Crippen LogP contribution is -2.53. The quantitative estimate of drug-likeness (QED) is 0.669. The first kappa shape index (κ1) is 23.3. The molecule has 2 rings (SSSR count). The highest BCUT2D eigenvalue weighted by molar-refractivity contribution is 5.94. The van der Waals surface area contributed by atoms with Crippen molar-refractivity contribution in [1.82, 2.24) is 0 Å². The zero-order valence-corrected chi connectivity index (χ0v) is 16.7. The Balaban J connectivity index is 2.75. The molecular weight excluding hydrogens is 402 g/mol. The van der Waals surface area contributed by atoms with Gasteiger partial charge in [0.15, 0.2) is 0 Å². The van der Waals surface area contributed by atoms with Gasteiger partial charge in [0.2, 0.25) is 0 Å². The number of rotatable bonds is 5. The highest BCUT2D eigenvalue weighted by Crippen LogP contribution is 2.51. The number of aliphatic imine (C=N–C) groups is 1. The predicted molar refractivity (Wildman–Crippen MR) is 97.3 cm³/mol. The molecule has 1 aliphatic rings. The summed E-state index contributed by atoms with van der Waals surface area (Å²) in [5, 5.41) is 9.05. The Labute approximate surface area is 165 Å². The number of halogens is 6. The first-order chi connectivity index (χ1) is 13.1. The van der Waals surface area contributed by atoms with Crippen molar-refractivity contribution >= 4 is 11.7 Å². The molecule has 1 N–H and O–H groups in total. The zero-order chi connectivity index (χ0) is 22.4. The molecule has 0 saturated carbocycles. The van der Waals surface area contributed by atoms with Crippen LogP contribution in [-0.2, 0) is 10.7 Å². The van der Waals surface area contributed by atoms with Crippen LogP contribution in [0.15, 0.2) is 17.1 Å². The van der Waals surface area contributed by atoms with Crippen molar-refractivity contribution < 1.29 is 36.2 Å². The molecule has 1 aliphatic heterocycles. The van der Waals surface area contributed by atoms with E-state index in [0.717, 1.165) is 12.1 Å². The van der Waals surface area contributed by atoms with Gasteiger partial charge >= 0.3 is 18.0 Å². The van der Waals surface area contributed by atoms with Crippen molar-refractivity contribution in [3.05, 3.63) is 28.8 Å². The van der Waals surface area contributed by atoms with E-state index >= 15 is 0 Å². The molecule has 0 spiro atoms. The van der Waals surface area contributed by atoms with E-state index in [4.69, 9.17) is 9.84 Å². The molecule has 1 atom stereocenters. The van der Waals surface area contributed by atoms with Gasteiger partial charge in [0.25, 0.3) is 6.02 Å². The van der Waals surface area contributed by atoms with Gasteiger partial charge in [-0.15, -0.1) is 0 Å². The predicted octanol–water partition coefficient (Wildman–Crippen LogP) is 5.07. The Morgan fingerprint density at radius 3 is 1.83 bits per heavy atom. The van der Waals surface area contributed by atoms with Crippen molar-refractivity contribution in [3.63, 3.8) is 0 Å². The lowest BCUT2D eigenvalue weighted by molar-refractivity contribution is -0.390. The molecule has 0 bridgehead atoms. The Bertz CT molecular complexity index is 758. The van der Waals surface area contributed by atoms with Crippen LogP contribution in [0, 0.1) is 0 Å². The molecule has 0 aliphatic carbocycles. The van der Waals surface area contributed by atoms with E-state index in [1.165, 1.54) is 0 Å². The highest BCUT2D eigenvalue weighted by Gasteiger charge is 2.71. The number of benzene rings is 1. The number of aliphatic hydroxyl groups is 1. The minimum Gasteiger partial charge on any atom is -0.463 e. The molecule has 29 heavy (non-hydrogen) atoms. The maximum atomic E-state index is 14.5. The number of hydrogen-bond donors (Lipinski definition) is 1. The number of alkyl halides is 6. The normalized spacial score (nSPS) is 17.4. The van der Waals surface area contributed by atoms with Gasteiger partial charge in [-0.3, -0.25) is 4.90 Å². The van der Waals surface area contributed by atoms with Gasteiger partial charge in [-0.1, -0.05) is 27.7 Å². The van der Waals surface area contributed by atoms with E-state index in [1.54, 1.807) is 39.6 Å². The Morgan fingerprint density at radius 2 is 1.48 bits per heavy atom. The summed E-state index contributed by atoms with van der Waals surface area (Å²) in [6, 6.07) is 1.85. The molecule has 0 amide bonds. The summed E-state index contributed by atoms with van der Waals surface area (Å²) in [7, 11) is 1.61. The van der Waals surface area contributed by atoms with E-state index in [9.17, 15) is 26.3 Å². The van der Waals surface area contributed by atoms with Crippen LogP contribution in [0.25, 0.3) is 0 Å². The summed E-state index contributed by atoms with van der Waals surface area (Å²) in [5.41, 5.74) is -0.294. The number of hydrogen-bond acceptors (Lipinski definition) is 4. The average molecular weight is 426 g/mol. The largest absolute Gasteiger partial charge is 0.463 e. The summed E-state index contributed by atoms with van der Waals surface area (Å²) in [5.74, 6) is -11.7. The van der Waals surface area contributed by atoms with Gasteiger partial charge < -0.3 is 9.84 Å². The molecule has 1 heterocycles. The Kier molecular flexibility index (Phi) is 6.19. The number of anilines is 1. The zero-order valence-electron chi connectivity index (χ0n) is 16.7. The van der Waals surface area contributed by atoms with E-state index in [1.807, 2.05) is 0 Å². The summed E-state index contributed by atoms with van der Waals surface area (Å²) < 4.78 is 86.8. The number of ether oxygens (including phenoxy) is 1. The second kappa shape index (κ2) is 7.70. The van der Waals surface area contributed by atoms with Crippen molar-refractivity contribution in [1.29, 1.82) is 0 Å². The smallest absolute Gasteiger partial charge is 0.455 e. The van der Waals surface area contributed by atoms with Crippen LogP contribution < -0.4 is 4.90 Å². The lowest BCUT2D eigenvalue weighted by atomic mass is 9.86. The third-order valence-electron chi connectivity index (χ3n) is 4.76. The van der Waals surface area contributed by atoms with Crippen molar-refractivity contribution in [2.45, 2.75) is 57.5 Å². The van der Waals surface area contributed by atoms with E-state index in [0.29, 0.717) is 18.8 Å². The second-order valence-corrected chi connectivity index (χ2v) is 7.58. The van der Waals surface area contributed by atoms with Crippen LogP contribution in [0.5, 0.6) is 0 Å². The van der Waals surface area contributed by atoms with Gasteiger partial charge in [0.05, 0.1) is 12.2 Å². The molecule has 1 unspecified atom stereocenters. The van der Waals surface area contributed by atoms with Crippen molar-refractivity contribution in [2.24, 2.45) is 4.99 Å². The van der Waals surface area contributed by atoms with E-state index in [2.05, 4.69) is 4.99 Å². The van der Waals surface area contributed by atoms with Gasteiger partial charge in [-0.05, 0) is 35.1 Å². The van der Waals surface area contributed by atoms with Crippen LogP contribution in [0.4, 0.5) is 32.0 Å². The lowest BCUT2D eigenvalue weighted by Gasteiger charge is -2.33. The van der Waals surface area contributed by atoms with E-state index < -0.39 is 35.4 Å². The standard InChI is InChI=1S/C19H24F6N2O2/c1-10(2)13-8-12(17(20,21)18(22,28)19(23,24)25)9-14(11(3)4)15(13)27(5)16-26-6-7-29-16/h8-11,28H,6-7H2,1-5H3. The number of nitrogens with zero attached hydrogens (tertiary/aromatic N) is 2. The monoisotopic (exact) mass is 426 g/mol. The fourth-order valence-electron chi connectivity index (χ4n) is 3.12. The summed E-state index contributed by atoms with van der Waals surface area (Å²) in [4.78, 5) is 5.73. The molecule has 1 aromatic rings. The minimum atomic E-state index is -6.17. The Morgan fingerprint density at radius 1 is 1.00 bits per heavy atom. The third kappa shape index (κ3) is 4.04. The second-order valence-electron chi connectivity index (χ2n) is 7.58. The topological polar surface area (TPSA) is 45.1 Å². The first-order valence-corrected chi connectivity index (χ1v) is 9.08. The molecular formula is C19H24F6N2O2. The maximum Gasteiger partial charge on any atom is 0.455 e. The van der Waals surface area contributed by atoms with Crippen LogP contribution in [0.3, 0.4) is 0 Å². The Hall–Kier alpha value is -1.97. The third-order valence-corrected chi connectivity index (χ3v) is 4.76. The van der Waals surface area contributed by atoms with Gasteiger partial charge in [-0.25, -0.2) is 4.99 Å². The van der Waals surface area contributed by atoms with Crippen molar-refractivity contribution in [2.75, 3.05) is 25.1 Å². The highest BCUT2D eigenvalue weighted by atomic mass is 19.4. The molecule has 10 heteroatoms. The van der Waals surface area contributed by atoms with Gasteiger partial charge in [0, 0.05) is 12.6 Å². The fourth-order valence-corrected chi connectivity index (χ4v) is 3.12. The van der Waals surface area contributed by atoms with Crippen molar-refractivity contribution in [3.8, 4) is 0 Å². The first-order valence-electron chi connectivity index (χ1n) is 9.08. The number of amidine groups is 1. The molecule has 164 valence electrons. The molecule has 1 aromatic carbocycles. The molecule has 4 nitrogen and oxygen atoms in total. The van der Waals surface area contributed by atoms with Crippen LogP contribution in [-0.4, -0.2) is 43.4 Å². The van der Waals surface area contributed by atoms with Gasteiger partial charge in [-0.2, -0.15) is 26.3 Å². The van der Waals surface area contributed by atoms with Crippen LogP contribution in [0.1, 0.15) is 56.2 Å². The molecule has 0 radical (unpaired) electrons. The molecule has 0 saturated heterocycles. The summed E-state index contributed by atoms with van der Waals surface area (Å²) in [6.45, 7) is 7.44. The van der Waals surface area contributed by atoms with E-state index in [-0.39, 0.29) is 17.1 Å². The average Bonchev–Trinajstić information content (AvgIpc) is 3.13. The fraction of sp³-hybridized carbons (Fsp3) is 0.632.